The molecular weight excluding hydrogens is 374 g/mol. The number of ether oxygens (including phenoxy) is 1. The Kier molecular flexibility index (Phi) is 5.89. The van der Waals surface area contributed by atoms with Gasteiger partial charge in [0.2, 0.25) is 5.91 Å². The topological polar surface area (TPSA) is 44.8 Å². The van der Waals surface area contributed by atoms with E-state index in [9.17, 15) is 4.79 Å². The first kappa shape index (κ1) is 20.6. The maximum atomic E-state index is 13.2. The molecule has 4 rings (SSSR count). The fourth-order valence-corrected chi connectivity index (χ4v) is 4.63. The highest BCUT2D eigenvalue weighted by Gasteiger charge is 2.41. The van der Waals surface area contributed by atoms with Gasteiger partial charge in [-0.1, -0.05) is 37.6 Å². The van der Waals surface area contributed by atoms with Crippen LogP contribution < -0.4 is 19.9 Å². The van der Waals surface area contributed by atoms with E-state index < -0.39 is 0 Å². The Morgan fingerprint density at radius 3 is 2.63 bits per heavy atom. The summed E-state index contributed by atoms with van der Waals surface area (Å²) in [7, 11) is 1.71. The van der Waals surface area contributed by atoms with Crippen molar-refractivity contribution in [1.82, 2.24) is 5.32 Å². The number of amides is 1. The molecule has 0 radical (unpaired) electrons. The summed E-state index contributed by atoms with van der Waals surface area (Å²) in [4.78, 5) is 18.1. The molecule has 0 aliphatic carbocycles. The van der Waals surface area contributed by atoms with E-state index in [1.54, 1.807) is 7.11 Å². The van der Waals surface area contributed by atoms with Gasteiger partial charge in [-0.05, 0) is 43.0 Å². The van der Waals surface area contributed by atoms with Crippen molar-refractivity contribution in [2.45, 2.75) is 33.2 Å². The predicted molar refractivity (Wildman–Crippen MR) is 123 cm³/mol. The van der Waals surface area contributed by atoms with E-state index in [4.69, 9.17) is 4.74 Å². The van der Waals surface area contributed by atoms with Crippen LogP contribution in [0, 0.1) is 18.8 Å². The second kappa shape index (κ2) is 8.58. The minimum absolute atomic E-state index is 0.0575. The number of methoxy groups -OCH3 is 1. The highest BCUT2D eigenvalue weighted by atomic mass is 16.5. The quantitative estimate of drug-likeness (QED) is 0.822. The lowest BCUT2D eigenvalue weighted by atomic mass is 9.83. The van der Waals surface area contributed by atoms with E-state index in [-0.39, 0.29) is 17.9 Å². The van der Waals surface area contributed by atoms with E-state index in [0.717, 1.165) is 38.3 Å². The second-order valence-electron chi connectivity index (χ2n) is 8.99. The van der Waals surface area contributed by atoms with Gasteiger partial charge in [0.05, 0.1) is 19.1 Å². The fraction of sp³-hybridized carbons (Fsp3) is 0.480. The molecule has 2 atom stereocenters. The minimum atomic E-state index is -0.0575. The molecule has 0 bridgehead atoms. The normalized spacial score (nSPS) is 20.6. The van der Waals surface area contributed by atoms with Gasteiger partial charge in [0.25, 0.3) is 0 Å². The molecule has 1 saturated heterocycles. The lowest BCUT2D eigenvalue weighted by molar-refractivity contribution is -0.126. The number of rotatable bonds is 5. The van der Waals surface area contributed by atoms with Crippen molar-refractivity contribution in [3.63, 3.8) is 0 Å². The fourth-order valence-electron chi connectivity index (χ4n) is 4.63. The molecule has 5 nitrogen and oxygen atoms in total. The number of piperazine rings is 1. The molecule has 2 heterocycles. The second-order valence-corrected chi connectivity index (χ2v) is 8.99. The molecule has 1 fully saturated rings. The lowest BCUT2D eigenvalue weighted by Gasteiger charge is -2.49. The third-order valence-electron chi connectivity index (χ3n) is 6.35. The predicted octanol–water partition coefficient (Wildman–Crippen LogP) is 3.64. The van der Waals surface area contributed by atoms with Gasteiger partial charge < -0.3 is 19.9 Å². The van der Waals surface area contributed by atoms with E-state index in [2.05, 4.69) is 72.3 Å². The van der Waals surface area contributed by atoms with Crippen LogP contribution in [0.25, 0.3) is 0 Å². The number of hydrogen-bond donors (Lipinski definition) is 1. The van der Waals surface area contributed by atoms with Crippen molar-refractivity contribution < 1.29 is 9.53 Å². The zero-order chi connectivity index (χ0) is 21.3. The average Bonchev–Trinajstić information content (AvgIpc) is 2.76. The summed E-state index contributed by atoms with van der Waals surface area (Å²) in [6.45, 7) is 9.79. The van der Waals surface area contributed by atoms with Crippen molar-refractivity contribution in [2.24, 2.45) is 11.8 Å². The number of anilines is 2. The standard InChI is InChI=1S/C25H33N3O2/c1-17(2)15-26-25(29)22-13-19-7-10-21(30-4)14-23(19)28-12-11-27(16-24(22)28)20-8-5-18(3)6-9-20/h5-10,14,17,22,24H,11-13,15-16H2,1-4H3,(H,26,29)/t22-,24+/m0/s1. The highest BCUT2D eigenvalue weighted by molar-refractivity contribution is 5.82. The van der Waals surface area contributed by atoms with Crippen LogP contribution in [0.5, 0.6) is 5.75 Å². The van der Waals surface area contributed by atoms with Crippen molar-refractivity contribution in [2.75, 3.05) is 43.1 Å². The van der Waals surface area contributed by atoms with Gasteiger partial charge in [0, 0.05) is 43.6 Å². The first-order chi connectivity index (χ1) is 14.5. The summed E-state index contributed by atoms with van der Waals surface area (Å²) in [6.07, 6.45) is 0.770. The van der Waals surface area contributed by atoms with E-state index in [0.29, 0.717) is 5.92 Å². The Morgan fingerprint density at radius 1 is 1.17 bits per heavy atom. The Hall–Kier alpha value is -2.69. The summed E-state index contributed by atoms with van der Waals surface area (Å²) in [5.41, 5.74) is 4.95. The largest absolute Gasteiger partial charge is 0.497 e. The summed E-state index contributed by atoms with van der Waals surface area (Å²) >= 11 is 0. The SMILES string of the molecule is COc1ccc2c(c1)N1CCN(c3ccc(C)cc3)C[C@@H]1[C@@H](C(=O)NCC(C)C)C2. The van der Waals surface area contributed by atoms with Crippen LogP contribution in [-0.4, -0.2) is 45.2 Å². The van der Waals surface area contributed by atoms with Crippen LogP contribution in [0.3, 0.4) is 0 Å². The summed E-state index contributed by atoms with van der Waals surface area (Å²) in [5.74, 6) is 1.43. The highest BCUT2D eigenvalue weighted by Crippen LogP contribution is 2.39. The van der Waals surface area contributed by atoms with Crippen molar-refractivity contribution in [3.05, 3.63) is 53.6 Å². The van der Waals surface area contributed by atoms with Crippen molar-refractivity contribution in [1.29, 1.82) is 0 Å². The van der Waals surface area contributed by atoms with Gasteiger partial charge in [0.1, 0.15) is 5.75 Å². The van der Waals surface area contributed by atoms with E-state index in [1.807, 2.05) is 6.07 Å². The molecule has 30 heavy (non-hydrogen) atoms. The number of nitrogens with zero attached hydrogens (tertiary/aromatic N) is 2. The van der Waals surface area contributed by atoms with Gasteiger partial charge in [-0.25, -0.2) is 0 Å². The van der Waals surface area contributed by atoms with Crippen molar-refractivity contribution >= 4 is 17.3 Å². The number of fused-ring (bicyclic) bond motifs is 3. The smallest absolute Gasteiger partial charge is 0.225 e. The van der Waals surface area contributed by atoms with Crippen LogP contribution in [0.4, 0.5) is 11.4 Å². The van der Waals surface area contributed by atoms with Gasteiger partial charge in [-0.15, -0.1) is 0 Å². The third kappa shape index (κ3) is 4.11. The number of carbonyl (C=O) groups is 1. The van der Waals surface area contributed by atoms with Gasteiger partial charge in [0.15, 0.2) is 0 Å². The molecule has 1 amide bonds. The van der Waals surface area contributed by atoms with Crippen molar-refractivity contribution in [3.8, 4) is 5.75 Å². The molecule has 0 saturated carbocycles. The Labute approximate surface area is 180 Å². The molecule has 0 spiro atoms. The number of carbonyl (C=O) groups excluding carboxylic acids is 1. The lowest BCUT2D eigenvalue weighted by Crippen LogP contribution is -2.61. The average molecular weight is 408 g/mol. The first-order valence-corrected chi connectivity index (χ1v) is 11.0. The van der Waals surface area contributed by atoms with Crippen LogP contribution in [0.2, 0.25) is 0 Å². The number of benzene rings is 2. The molecule has 2 aliphatic heterocycles. The molecule has 2 aromatic rings. The first-order valence-electron chi connectivity index (χ1n) is 11.0. The monoisotopic (exact) mass is 407 g/mol. The van der Waals surface area contributed by atoms with Crippen LogP contribution in [0.1, 0.15) is 25.0 Å². The third-order valence-corrected chi connectivity index (χ3v) is 6.35. The maximum Gasteiger partial charge on any atom is 0.225 e. The minimum Gasteiger partial charge on any atom is -0.497 e. The Morgan fingerprint density at radius 2 is 1.93 bits per heavy atom. The zero-order valence-corrected chi connectivity index (χ0v) is 18.5. The summed E-state index contributed by atoms with van der Waals surface area (Å²) in [5, 5.41) is 3.19. The van der Waals surface area contributed by atoms with Crippen LogP contribution >= 0.6 is 0 Å². The summed E-state index contributed by atoms with van der Waals surface area (Å²) < 4.78 is 5.48. The Balaban J connectivity index is 1.64. The summed E-state index contributed by atoms with van der Waals surface area (Å²) in [6, 6.07) is 15.1. The molecule has 0 unspecified atom stereocenters. The number of nitrogens with one attached hydrogen (secondary N) is 1. The van der Waals surface area contributed by atoms with E-state index >= 15 is 0 Å². The van der Waals surface area contributed by atoms with Gasteiger partial charge in [-0.2, -0.15) is 0 Å². The Bertz CT molecular complexity index is 894. The molecule has 2 aliphatic rings. The molecular formula is C25H33N3O2. The van der Waals surface area contributed by atoms with Gasteiger partial charge >= 0.3 is 0 Å². The molecule has 0 aromatic heterocycles. The molecule has 1 N–H and O–H groups in total. The number of aryl methyl sites for hydroxylation is 1. The molecule has 2 aromatic carbocycles. The molecule has 5 heteroatoms. The van der Waals surface area contributed by atoms with E-state index in [1.165, 1.54) is 22.5 Å². The van der Waals surface area contributed by atoms with Gasteiger partial charge in [-0.3, -0.25) is 4.79 Å². The number of hydrogen-bond acceptors (Lipinski definition) is 4. The maximum absolute atomic E-state index is 13.2. The van der Waals surface area contributed by atoms with Crippen LogP contribution in [0.15, 0.2) is 42.5 Å². The van der Waals surface area contributed by atoms with Crippen LogP contribution in [-0.2, 0) is 11.2 Å². The zero-order valence-electron chi connectivity index (χ0n) is 18.5. The molecule has 160 valence electrons.